The fourth-order valence-electron chi connectivity index (χ4n) is 1.51. The van der Waals surface area contributed by atoms with Gasteiger partial charge in [-0.15, -0.1) is 0 Å². The molecule has 1 unspecified atom stereocenters. The van der Waals surface area contributed by atoms with E-state index in [4.69, 9.17) is 9.47 Å². The molecule has 0 radical (unpaired) electrons. The molecule has 0 aliphatic rings. The molecule has 1 rings (SSSR count). The molecule has 0 heterocycles. The molecule has 17 heavy (non-hydrogen) atoms. The van der Waals surface area contributed by atoms with Gasteiger partial charge >= 0.3 is 0 Å². The Hall–Kier alpha value is -1.28. The van der Waals surface area contributed by atoms with E-state index in [0.29, 0.717) is 0 Å². The van der Waals surface area contributed by atoms with E-state index in [9.17, 15) is 0 Å². The van der Waals surface area contributed by atoms with Crippen LogP contribution in [0.25, 0.3) is 6.08 Å². The number of para-hydroxylation sites is 1. The molecular weight excluding hydrogens is 212 g/mol. The van der Waals surface area contributed by atoms with Crippen molar-refractivity contribution in [1.82, 2.24) is 0 Å². The summed E-state index contributed by atoms with van der Waals surface area (Å²) in [6, 6.07) is 7.98. The third-order valence-corrected chi connectivity index (χ3v) is 2.41. The lowest BCUT2D eigenvalue weighted by Gasteiger charge is -2.16. The van der Waals surface area contributed by atoms with Crippen LogP contribution < -0.4 is 4.74 Å². The first-order valence-electron chi connectivity index (χ1n) is 6.28. The highest BCUT2D eigenvalue weighted by molar-refractivity contribution is 5.56. The molecule has 0 bridgehead atoms. The van der Waals surface area contributed by atoms with Crippen molar-refractivity contribution in [3.05, 3.63) is 35.9 Å². The number of hydrogen-bond donors (Lipinski definition) is 0. The smallest absolute Gasteiger partial charge is 0.197 e. The molecule has 0 fully saturated rings. The molecular formula is C15H22O2. The second-order valence-electron chi connectivity index (χ2n) is 3.95. The van der Waals surface area contributed by atoms with Crippen LogP contribution >= 0.6 is 0 Å². The molecule has 2 nitrogen and oxygen atoms in total. The topological polar surface area (TPSA) is 18.5 Å². The molecule has 2 heteroatoms. The van der Waals surface area contributed by atoms with Crippen LogP contribution in [0.2, 0.25) is 0 Å². The van der Waals surface area contributed by atoms with Crippen molar-refractivity contribution in [3.8, 4) is 5.75 Å². The summed E-state index contributed by atoms with van der Waals surface area (Å²) < 4.78 is 11.3. The first-order valence-corrected chi connectivity index (χ1v) is 6.28. The first kappa shape index (κ1) is 13.8. The highest BCUT2D eigenvalue weighted by Crippen LogP contribution is 2.21. The Morgan fingerprint density at radius 2 is 2.06 bits per heavy atom. The normalized spacial score (nSPS) is 12.9. The van der Waals surface area contributed by atoms with E-state index in [2.05, 4.69) is 6.92 Å². The molecule has 0 amide bonds. The Bertz CT molecular complexity index is 345. The Kier molecular flexibility index (Phi) is 6.41. The zero-order valence-electron chi connectivity index (χ0n) is 11.0. The van der Waals surface area contributed by atoms with Gasteiger partial charge in [-0.3, -0.25) is 0 Å². The zero-order valence-corrected chi connectivity index (χ0v) is 11.0. The SMILES string of the molecule is CC=Cc1ccccc1OC(C)OCCCC. The van der Waals surface area contributed by atoms with Crippen molar-refractivity contribution in [2.24, 2.45) is 0 Å². The number of rotatable bonds is 7. The number of benzene rings is 1. The summed E-state index contributed by atoms with van der Waals surface area (Å²) in [7, 11) is 0. The van der Waals surface area contributed by atoms with E-state index < -0.39 is 0 Å². The third-order valence-electron chi connectivity index (χ3n) is 2.41. The predicted octanol–water partition coefficient (Wildman–Crippen LogP) is 4.26. The molecule has 1 atom stereocenters. The largest absolute Gasteiger partial charge is 0.465 e. The van der Waals surface area contributed by atoms with E-state index in [0.717, 1.165) is 30.8 Å². The molecule has 0 aromatic heterocycles. The second kappa shape index (κ2) is 7.91. The monoisotopic (exact) mass is 234 g/mol. The fourth-order valence-corrected chi connectivity index (χ4v) is 1.51. The van der Waals surface area contributed by atoms with Crippen LogP contribution in [-0.4, -0.2) is 12.9 Å². The average molecular weight is 234 g/mol. The molecule has 1 aromatic rings. The Morgan fingerprint density at radius 3 is 2.76 bits per heavy atom. The Labute approximate surface area is 104 Å². The Morgan fingerprint density at radius 1 is 1.29 bits per heavy atom. The molecule has 0 saturated carbocycles. The quantitative estimate of drug-likeness (QED) is 0.518. The van der Waals surface area contributed by atoms with Gasteiger partial charge in [0.2, 0.25) is 0 Å². The van der Waals surface area contributed by atoms with Gasteiger partial charge in [-0.25, -0.2) is 0 Å². The van der Waals surface area contributed by atoms with Gasteiger partial charge in [0.25, 0.3) is 0 Å². The number of hydrogen-bond acceptors (Lipinski definition) is 2. The van der Waals surface area contributed by atoms with Crippen LogP contribution in [0.5, 0.6) is 5.75 Å². The molecule has 0 aliphatic heterocycles. The lowest BCUT2D eigenvalue weighted by molar-refractivity contribution is -0.0674. The molecule has 94 valence electrons. The average Bonchev–Trinajstić information content (AvgIpc) is 2.32. The fraction of sp³-hybridized carbons (Fsp3) is 0.467. The maximum Gasteiger partial charge on any atom is 0.197 e. The predicted molar refractivity (Wildman–Crippen MR) is 72.1 cm³/mol. The minimum absolute atomic E-state index is 0.201. The Balaban J connectivity index is 2.55. The summed E-state index contributed by atoms with van der Waals surface area (Å²) in [5.74, 6) is 0.870. The van der Waals surface area contributed by atoms with Crippen molar-refractivity contribution in [2.45, 2.75) is 39.9 Å². The van der Waals surface area contributed by atoms with Gasteiger partial charge in [-0.1, -0.05) is 43.7 Å². The summed E-state index contributed by atoms with van der Waals surface area (Å²) in [4.78, 5) is 0. The summed E-state index contributed by atoms with van der Waals surface area (Å²) in [6.45, 7) is 6.83. The molecule has 0 N–H and O–H groups in total. The zero-order chi connectivity index (χ0) is 12.5. The van der Waals surface area contributed by atoms with Crippen LogP contribution in [-0.2, 0) is 4.74 Å². The maximum atomic E-state index is 5.77. The molecule has 0 aliphatic carbocycles. The number of allylic oxidation sites excluding steroid dienone is 1. The summed E-state index contributed by atoms with van der Waals surface area (Å²) >= 11 is 0. The van der Waals surface area contributed by atoms with Gasteiger partial charge in [0.1, 0.15) is 5.75 Å². The van der Waals surface area contributed by atoms with Crippen molar-refractivity contribution >= 4 is 6.08 Å². The van der Waals surface area contributed by atoms with Crippen LogP contribution in [0.4, 0.5) is 0 Å². The molecule has 1 aromatic carbocycles. The van der Waals surface area contributed by atoms with Gasteiger partial charge in [-0.05, 0) is 26.3 Å². The highest BCUT2D eigenvalue weighted by atomic mass is 16.7. The minimum Gasteiger partial charge on any atom is -0.465 e. The van der Waals surface area contributed by atoms with Gasteiger partial charge in [0.15, 0.2) is 6.29 Å². The van der Waals surface area contributed by atoms with Crippen LogP contribution in [0.15, 0.2) is 30.3 Å². The van der Waals surface area contributed by atoms with Gasteiger partial charge in [0, 0.05) is 5.56 Å². The summed E-state index contributed by atoms with van der Waals surface area (Å²) in [5.41, 5.74) is 1.08. The highest BCUT2D eigenvalue weighted by Gasteiger charge is 2.06. The van der Waals surface area contributed by atoms with E-state index in [1.54, 1.807) is 0 Å². The summed E-state index contributed by atoms with van der Waals surface area (Å²) in [6.07, 6.45) is 6.05. The van der Waals surface area contributed by atoms with Gasteiger partial charge in [-0.2, -0.15) is 0 Å². The minimum atomic E-state index is -0.201. The van der Waals surface area contributed by atoms with Crippen molar-refractivity contribution < 1.29 is 9.47 Å². The lowest BCUT2D eigenvalue weighted by atomic mass is 10.2. The first-order chi connectivity index (χ1) is 8.27. The van der Waals surface area contributed by atoms with Crippen molar-refractivity contribution in [3.63, 3.8) is 0 Å². The van der Waals surface area contributed by atoms with Crippen LogP contribution in [0.3, 0.4) is 0 Å². The lowest BCUT2D eigenvalue weighted by Crippen LogP contribution is -2.17. The van der Waals surface area contributed by atoms with Gasteiger partial charge in [0.05, 0.1) is 6.61 Å². The maximum absolute atomic E-state index is 5.77. The molecule has 0 saturated heterocycles. The van der Waals surface area contributed by atoms with Crippen LogP contribution in [0, 0.1) is 0 Å². The number of unbranched alkanes of at least 4 members (excludes halogenated alkanes) is 1. The van der Waals surface area contributed by atoms with E-state index in [1.165, 1.54) is 0 Å². The number of ether oxygens (including phenoxy) is 2. The van der Waals surface area contributed by atoms with Gasteiger partial charge < -0.3 is 9.47 Å². The van der Waals surface area contributed by atoms with Crippen LogP contribution in [0.1, 0.15) is 39.2 Å². The second-order valence-corrected chi connectivity index (χ2v) is 3.95. The third kappa shape index (κ3) is 5.05. The molecule has 0 spiro atoms. The van der Waals surface area contributed by atoms with E-state index in [1.807, 2.05) is 50.3 Å². The van der Waals surface area contributed by atoms with E-state index >= 15 is 0 Å². The standard InChI is InChI=1S/C15H22O2/c1-4-6-12-16-13(3)17-15-11-8-7-10-14(15)9-5-2/h5,7-11,13H,4,6,12H2,1-3H3. The van der Waals surface area contributed by atoms with Crippen molar-refractivity contribution in [2.75, 3.05) is 6.61 Å². The van der Waals surface area contributed by atoms with E-state index in [-0.39, 0.29) is 6.29 Å². The van der Waals surface area contributed by atoms with Crippen molar-refractivity contribution in [1.29, 1.82) is 0 Å². The summed E-state index contributed by atoms with van der Waals surface area (Å²) in [5, 5.41) is 0.